The molecule has 2 N–H and O–H groups in total. The van der Waals surface area contributed by atoms with E-state index in [1.807, 2.05) is 20.8 Å². The number of ether oxygens (including phenoxy) is 1. The second-order valence-electron chi connectivity index (χ2n) is 6.18. The van der Waals surface area contributed by atoms with E-state index in [0.29, 0.717) is 39.1 Å². The number of nitrogens with one attached hydrogen (secondary N) is 2. The average Bonchev–Trinajstić information content (AvgIpc) is 2.35. The first-order valence-corrected chi connectivity index (χ1v) is 9.16. The van der Waals surface area contributed by atoms with Crippen LogP contribution in [0, 0.1) is 0 Å². The minimum Gasteiger partial charge on any atom is -0.444 e. The molecule has 1 heterocycles. The van der Waals surface area contributed by atoms with Crippen LogP contribution in [0.15, 0.2) is 4.99 Å². The predicted molar refractivity (Wildman–Crippen MR) is 85.6 cm³/mol. The van der Waals surface area contributed by atoms with Gasteiger partial charge in [-0.05, 0) is 27.2 Å². The van der Waals surface area contributed by atoms with Crippen molar-refractivity contribution in [3.8, 4) is 0 Å². The summed E-state index contributed by atoms with van der Waals surface area (Å²) in [6, 6.07) is 0. The van der Waals surface area contributed by atoms with Crippen LogP contribution in [-0.4, -0.2) is 69.8 Å². The third kappa shape index (κ3) is 8.18. The fraction of sp³-hybridized carbons (Fsp3) is 0.846. The molecule has 0 saturated heterocycles. The van der Waals surface area contributed by atoms with Crippen molar-refractivity contribution in [3.63, 3.8) is 0 Å². The molecule has 0 aromatic rings. The van der Waals surface area contributed by atoms with Gasteiger partial charge in [0.1, 0.15) is 11.4 Å². The molecular formula is C13H26N4O4S. The molecule has 128 valence electrons. The number of carbonyl (C=O) groups excluding carboxylic acids is 1. The van der Waals surface area contributed by atoms with Gasteiger partial charge >= 0.3 is 6.09 Å². The van der Waals surface area contributed by atoms with Crippen LogP contribution in [0.2, 0.25) is 0 Å². The summed E-state index contributed by atoms with van der Waals surface area (Å²) < 4.78 is 29.6. The van der Waals surface area contributed by atoms with Gasteiger partial charge in [-0.1, -0.05) is 0 Å². The maximum atomic E-state index is 12.0. The molecule has 0 aromatic carbocycles. The molecule has 0 atom stereocenters. The summed E-state index contributed by atoms with van der Waals surface area (Å²) in [6.45, 7) is 7.90. The minimum absolute atomic E-state index is 0.347. The highest BCUT2D eigenvalue weighted by Crippen LogP contribution is 2.10. The van der Waals surface area contributed by atoms with E-state index in [1.165, 1.54) is 0 Å². The van der Waals surface area contributed by atoms with Crippen molar-refractivity contribution >= 4 is 22.0 Å². The number of aliphatic imine (C=N–C) groups is 1. The van der Waals surface area contributed by atoms with Crippen molar-refractivity contribution in [2.75, 3.05) is 39.0 Å². The molecule has 0 unspecified atom stereocenters. The Balaban J connectivity index is 2.31. The number of carbonyl (C=O) groups is 1. The van der Waals surface area contributed by atoms with Crippen LogP contribution in [0.25, 0.3) is 0 Å². The second kappa shape index (κ2) is 7.77. The number of amidine groups is 1. The summed E-state index contributed by atoms with van der Waals surface area (Å²) in [4.78, 5) is 17.9. The second-order valence-corrected chi connectivity index (χ2v) is 8.01. The van der Waals surface area contributed by atoms with Gasteiger partial charge in [-0.15, -0.1) is 0 Å². The van der Waals surface area contributed by atoms with Gasteiger partial charge in [-0.25, -0.2) is 17.9 Å². The molecule has 9 heteroatoms. The zero-order valence-electron chi connectivity index (χ0n) is 13.7. The van der Waals surface area contributed by atoms with E-state index in [-0.39, 0.29) is 6.09 Å². The van der Waals surface area contributed by atoms with Gasteiger partial charge in [0, 0.05) is 19.6 Å². The molecule has 0 spiro atoms. The lowest BCUT2D eigenvalue weighted by atomic mass is 10.2. The van der Waals surface area contributed by atoms with Crippen LogP contribution in [0.4, 0.5) is 4.79 Å². The summed E-state index contributed by atoms with van der Waals surface area (Å²) in [5.41, 5.74) is -0.517. The topological polar surface area (TPSA) is 100 Å². The molecule has 1 amide bonds. The SMILES string of the molecule is CC(C)(C)OC(=O)N1CCN=C(NCCCNS(C)(=O)=O)C1. The largest absolute Gasteiger partial charge is 0.444 e. The quantitative estimate of drug-likeness (QED) is 0.698. The molecule has 8 nitrogen and oxygen atoms in total. The zero-order valence-corrected chi connectivity index (χ0v) is 14.5. The lowest BCUT2D eigenvalue weighted by Crippen LogP contribution is -2.47. The predicted octanol–water partition coefficient (Wildman–Crippen LogP) is 0.165. The molecule has 1 aliphatic rings. The maximum absolute atomic E-state index is 12.0. The Bertz CT molecular complexity index is 511. The van der Waals surface area contributed by atoms with E-state index in [9.17, 15) is 13.2 Å². The molecule has 0 bridgehead atoms. The molecule has 0 radical (unpaired) electrons. The summed E-state index contributed by atoms with van der Waals surface area (Å²) in [5, 5.41) is 3.12. The van der Waals surface area contributed by atoms with E-state index < -0.39 is 15.6 Å². The maximum Gasteiger partial charge on any atom is 0.410 e. The molecule has 22 heavy (non-hydrogen) atoms. The molecule has 0 aliphatic carbocycles. The molecular weight excluding hydrogens is 308 g/mol. The normalized spacial score (nSPS) is 16.2. The molecule has 1 rings (SSSR count). The van der Waals surface area contributed by atoms with E-state index in [0.717, 1.165) is 12.1 Å². The van der Waals surface area contributed by atoms with Crippen LogP contribution < -0.4 is 10.0 Å². The molecule has 0 fully saturated rings. The lowest BCUT2D eigenvalue weighted by molar-refractivity contribution is 0.0276. The fourth-order valence-corrected chi connectivity index (χ4v) is 2.30. The van der Waals surface area contributed by atoms with Crippen molar-refractivity contribution in [1.82, 2.24) is 14.9 Å². The zero-order chi connectivity index (χ0) is 16.8. The first kappa shape index (κ1) is 18.7. The third-order valence-corrected chi connectivity index (χ3v) is 3.44. The highest BCUT2D eigenvalue weighted by molar-refractivity contribution is 7.88. The molecule has 0 aromatic heterocycles. The van der Waals surface area contributed by atoms with E-state index in [4.69, 9.17) is 4.74 Å². The summed E-state index contributed by atoms with van der Waals surface area (Å²) >= 11 is 0. The van der Waals surface area contributed by atoms with Gasteiger partial charge in [0.25, 0.3) is 0 Å². The van der Waals surface area contributed by atoms with Crippen LogP contribution in [0.1, 0.15) is 27.2 Å². The first-order chi connectivity index (χ1) is 10.1. The molecule has 0 saturated carbocycles. The Morgan fingerprint density at radius 2 is 2.05 bits per heavy atom. The van der Waals surface area contributed by atoms with Crippen LogP contribution in [-0.2, 0) is 14.8 Å². The van der Waals surface area contributed by atoms with E-state index in [2.05, 4.69) is 15.0 Å². The van der Waals surface area contributed by atoms with Crippen LogP contribution >= 0.6 is 0 Å². The number of rotatable bonds is 5. The monoisotopic (exact) mass is 334 g/mol. The van der Waals surface area contributed by atoms with E-state index >= 15 is 0 Å². The van der Waals surface area contributed by atoms with Gasteiger partial charge in [-0.2, -0.15) is 0 Å². The van der Waals surface area contributed by atoms with Gasteiger partial charge in [-0.3, -0.25) is 9.89 Å². The summed E-state index contributed by atoms with van der Waals surface area (Å²) in [6.07, 6.45) is 1.42. The van der Waals surface area contributed by atoms with Crippen molar-refractivity contribution in [2.24, 2.45) is 4.99 Å². The number of hydrogen-bond donors (Lipinski definition) is 2. The van der Waals surface area contributed by atoms with Crippen LogP contribution in [0.5, 0.6) is 0 Å². The Morgan fingerprint density at radius 3 is 2.64 bits per heavy atom. The van der Waals surface area contributed by atoms with Crippen molar-refractivity contribution in [2.45, 2.75) is 32.8 Å². The van der Waals surface area contributed by atoms with E-state index in [1.54, 1.807) is 4.90 Å². The van der Waals surface area contributed by atoms with Gasteiger partial charge in [0.15, 0.2) is 0 Å². The number of nitrogens with zero attached hydrogens (tertiary/aromatic N) is 2. The van der Waals surface area contributed by atoms with Gasteiger partial charge in [0.2, 0.25) is 10.0 Å². The van der Waals surface area contributed by atoms with Gasteiger partial charge in [0.05, 0.1) is 19.3 Å². The standard InChI is InChI=1S/C13H26N4O4S/c1-13(2,3)21-12(18)17-9-8-15-11(10-17)14-6-5-7-16-22(4,19)20/h16H,5-10H2,1-4H3,(H,14,15). The van der Waals surface area contributed by atoms with Gasteiger partial charge < -0.3 is 10.1 Å². The molecule has 1 aliphatic heterocycles. The van der Waals surface area contributed by atoms with Crippen LogP contribution in [0.3, 0.4) is 0 Å². The number of hydrogen-bond acceptors (Lipinski definition) is 6. The minimum atomic E-state index is -3.14. The Morgan fingerprint density at radius 1 is 1.36 bits per heavy atom. The fourth-order valence-electron chi connectivity index (χ4n) is 1.79. The van der Waals surface area contributed by atoms with Crippen molar-refractivity contribution < 1.29 is 17.9 Å². The third-order valence-electron chi connectivity index (χ3n) is 2.71. The first-order valence-electron chi connectivity index (χ1n) is 7.26. The van der Waals surface area contributed by atoms with Crippen molar-refractivity contribution in [3.05, 3.63) is 0 Å². The highest BCUT2D eigenvalue weighted by Gasteiger charge is 2.24. The lowest BCUT2D eigenvalue weighted by Gasteiger charge is -2.29. The summed E-state index contributed by atoms with van der Waals surface area (Å²) in [5.74, 6) is 0.719. The number of sulfonamides is 1. The Hall–Kier alpha value is -1.35. The Kier molecular flexibility index (Phi) is 6.61. The Labute approximate surface area is 132 Å². The smallest absolute Gasteiger partial charge is 0.410 e. The average molecular weight is 334 g/mol. The van der Waals surface area contributed by atoms with Crippen molar-refractivity contribution in [1.29, 1.82) is 0 Å². The number of amides is 1. The highest BCUT2D eigenvalue weighted by atomic mass is 32.2. The summed E-state index contributed by atoms with van der Waals surface area (Å²) in [7, 11) is -3.14.